The van der Waals surface area contributed by atoms with E-state index in [9.17, 15) is 4.79 Å². The molecule has 1 unspecified atom stereocenters. The predicted molar refractivity (Wildman–Crippen MR) is 77.8 cm³/mol. The molecule has 1 atom stereocenters. The molecule has 2 N–H and O–H groups in total. The van der Waals surface area contributed by atoms with E-state index in [1.165, 1.54) is 0 Å². The largest absolute Gasteiger partial charge is 0.477 e. The van der Waals surface area contributed by atoms with E-state index in [1.807, 2.05) is 20.8 Å². The van der Waals surface area contributed by atoms with E-state index < -0.39 is 0 Å². The number of hydrogen-bond acceptors (Lipinski definition) is 4. The number of aliphatic hydroxyl groups is 1. The maximum absolute atomic E-state index is 12.2. The van der Waals surface area contributed by atoms with Crippen LogP contribution in [0.2, 0.25) is 0 Å². The van der Waals surface area contributed by atoms with E-state index in [0.717, 1.165) is 6.42 Å². The zero-order chi connectivity index (χ0) is 15.0. The van der Waals surface area contributed by atoms with Crippen LogP contribution in [0.3, 0.4) is 0 Å². The minimum Gasteiger partial charge on any atom is -0.477 e. The third-order valence-electron chi connectivity index (χ3n) is 2.87. The van der Waals surface area contributed by atoms with Crippen molar-refractivity contribution in [3.05, 3.63) is 23.9 Å². The summed E-state index contributed by atoms with van der Waals surface area (Å²) >= 11 is 0. The minimum absolute atomic E-state index is 0.0364. The Morgan fingerprint density at radius 3 is 2.85 bits per heavy atom. The topological polar surface area (TPSA) is 71.5 Å². The maximum Gasteiger partial charge on any atom is 0.256 e. The highest BCUT2D eigenvalue weighted by atomic mass is 16.5. The van der Waals surface area contributed by atoms with Gasteiger partial charge >= 0.3 is 0 Å². The van der Waals surface area contributed by atoms with Crippen LogP contribution in [0.1, 0.15) is 44.0 Å². The van der Waals surface area contributed by atoms with Crippen molar-refractivity contribution in [3.8, 4) is 5.88 Å². The Hall–Kier alpha value is -1.62. The molecule has 0 fully saturated rings. The van der Waals surface area contributed by atoms with Crippen molar-refractivity contribution in [2.45, 2.75) is 39.7 Å². The summed E-state index contributed by atoms with van der Waals surface area (Å²) in [5, 5.41) is 11.9. The molecule has 20 heavy (non-hydrogen) atoms. The van der Waals surface area contributed by atoms with Crippen molar-refractivity contribution in [2.75, 3.05) is 13.2 Å². The van der Waals surface area contributed by atoms with Crippen molar-refractivity contribution in [1.29, 1.82) is 0 Å². The summed E-state index contributed by atoms with van der Waals surface area (Å²) in [5.74, 6) is 0.514. The number of ether oxygens (including phenoxy) is 1. The van der Waals surface area contributed by atoms with Crippen LogP contribution in [0.4, 0.5) is 0 Å². The number of nitrogens with one attached hydrogen (secondary N) is 1. The molecule has 1 rings (SSSR count). The average molecular weight is 280 g/mol. The van der Waals surface area contributed by atoms with E-state index >= 15 is 0 Å². The molecule has 112 valence electrons. The lowest BCUT2D eigenvalue weighted by atomic mass is 10.1. The summed E-state index contributed by atoms with van der Waals surface area (Å²) in [6, 6.07) is 3.37. The second-order valence-corrected chi connectivity index (χ2v) is 5.15. The fourth-order valence-electron chi connectivity index (χ4n) is 1.72. The van der Waals surface area contributed by atoms with E-state index in [2.05, 4.69) is 10.3 Å². The Morgan fingerprint density at radius 2 is 2.25 bits per heavy atom. The van der Waals surface area contributed by atoms with Gasteiger partial charge < -0.3 is 15.2 Å². The molecule has 5 heteroatoms. The van der Waals surface area contributed by atoms with Gasteiger partial charge in [0.1, 0.15) is 5.56 Å². The lowest BCUT2D eigenvalue weighted by molar-refractivity contribution is 0.0923. The Labute approximate surface area is 120 Å². The molecule has 0 aliphatic heterocycles. The summed E-state index contributed by atoms with van der Waals surface area (Å²) in [6.45, 7) is 6.63. The van der Waals surface area contributed by atoms with Crippen LogP contribution in [0, 0.1) is 5.92 Å². The first-order valence-corrected chi connectivity index (χ1v) is 7.08. The molecule has 0 aliphatic carbocycles. The van der Waals surface area contributed by atoms with Crippen LogP contribution in [0.5, 0.6) is 5.88 Å². The number of carbonyl (C=O) groups is 1. The third kappa shape index (κ3) is 5.17. The fraction of sp³-hybridized carbons (Fsp3) is 0.600. The molecule has 0 saturated heterocycles. The number of carbonyl (C=O) groups excluding carboxylic acids is 1. The third-order valence-corrected chi connectivity index (χ3v) is 2.87. The Morgan fingerprint density at radius 1 is 1.50 bits per heavy atom. The van der Waals surface area contributed by atoms with Crippen molar-refractivity contribution in [2.24, 2.45) is 5.92 Å². The summed E-state index contributed by atoms with van der Waals surface area (Å²) in [6.07, 6.45) is 2.93. The van der Waals surface area contributed by atoms with Gasteiger partial charge in [-0.15, -0.1) is 0 Å². The van der Waals surface area contributed by atoms with Crippen molar-refractivity contribution >= 4 is 5.91 Å². The average Bonchev–Trinajstić information content (AvgIpc) is 2.44. The lowest BCUT2D eigenvalue weighted by Crippen LogP contribution is -2.35. The van der Waals surface area contributed by atoms with E-state index in [0.29, 0.717) is 30.4 Å². The number of hydrogen-bond donors (Lipinski definition) is 2. The first kappa shape index (κ1) is 16.4. The molecule has 0 bridgehead atoms. The van der Waals surface area contributed by atoms with Gasteiger partial charge in [0.25, 0.3) is 5.91 Å². The Bertz CT molecular complexity index is 421. The van der Waals surface area contributed by atoms with Crippen LogP contribution < -0.4 is 10.1 Å². The van der Waals surface area contributed by atoms with Crippen molar-refractivity contribution in [1.82, 2.24) is 10.3 Å². The SMILES string of the molecule is CCC(CCO)NC(=O)c1cccnc1OCC(C)C. The summed E-state index contributed by atoms with van der Waals surface area (Å²) in [4.78, 5) is 16.4. The standard InChI is InChI=1S/C15H24N2O3/c1-4-12(7-9-18)17-14(19)13-6-5-8-16-15(13)20-10-11(2)3/h5-6,8,11-12,18H,4,7,9-10H2,1-3H3,(H,17,19). The normalized spacial score (nSPS) is 12.2. The maximum atomic E-state index is 12.2. The van der Waals surface area contributed by atoms with Gasteiger partial charge in [-0.3, -0.25) is 4.79 Å². The number of amides is 1. The van der Waals surface area contributed by atoms with Crippen molar-refractivity contribution < 1.29 is 14.6 Å². The van der Waals surface area contributed by atoms with Gasteiger partial charge in [-0.1, -0.05) is 20.8 Å². The highest BCUT2D eigenvalue weighted by molar-refractivity contribution is 5.96. The fourth-order valence-corrected chi connectivity index (χ4v) is 1.72. The highest BCUT2D eigenvalue weighted by Crippen LogP contribution is 2.15. The van der Waals surface area contributed by atoms with Crippen molar-refractivity contribution in [3.63, 3.8) is 0 Å². The summed E-state index contributed by atoms with van der Waals surface area (Å²) in [7, 11) is 0. The summed E-state index contributed by atoms with van der Waals surface area (Å²) < 4.78 is 5.57. The highest BCUT2D eigenvalue weighted by Gasteiger charge is 2.17. The van der Waals surface area contributed by atoms with Gasteiger partial charge in [0.05, 0.1) is 6.61 Å². The number of pyridine rings is 1. The molecule has 0 radical (unpaired) electrons. The first-order chi connectivity index (χ1) is 9.58. The van der Waals surface area contributed by atoms with E-state index in [1.54, 1.807) is 18.3 Å². The molecule has 0 saturated carbocycles. The molecule has 1 aromatic rings. The first-order valence-electron chi connectivity index (χ1n) is 7.08. The zero-order valence-corrected chi connectivity index (χ0v) is 12.4. The van der Waals surface area contributed by atoms with Gasteiger partial charge in [0.2, 0.25) is 5.88 Å². The number of aliphatic hydroxyl groups excluding tert-OH is 1. The molecule has 0 spiro atoms. The second-order valence-electron chi connectivity index (χ2n) is 5.15. The van der Waals surface area contributed by atoms with E-state index in [4.69, 9.17) is 9.84 Å². The zero-order valence-electron chi connectivity index (χ0n) is 12.4. The Kier molecular flexibility index (Phi) is 7.01. The summed E-state index contributed by atoms with van der Waals surface area (Å²) in [5.41, 5.74) is 0.435. The molecule has 1 aromatic heterocycles. The van der Waals surface area contributed by atoms with Gasteiger partial charge in [-0.05, 0) is 30.9 Å². The molecule has 5 nitrogen and oxygen atoms in total. The monoisotopic (exact) mass is 280 g/mol. The number of rotatable bonds is 8. The Balaban J connectivity index is 2.76. The predicted octanol–water partition coefficient (Wildman–Crippen LogP) is 2.01. The van der Waals surface area contributed by atoms with Gasteiger partial charge in [0, 0.05) is 18.8 Å². The van der Waals surface area contributed by atoms with Crippen LogP contribution in [0.15, 0.2) is 18.3 Å². The number of aromatic nitrogens is 1. The van der Waals surface area contributed by atoms with Crippen LogP contribution >= 0.6 is 0 Å². The van der Waals surface area contributed by atoms with Gasteiger partial charge in [0.15, 0.2) is 0 Å². The second kappa shape index (κ2) is 8.53. The molecule has 0 aromatic carbocycles. The quantitative estimate of drug-likeness (QED) is 0.764. The van der Waals surface area contributed by atoms with Crippen LogP contribution in [-0.2, 0) is 0 Å². The van der Waals surface area contributed by atoms with Gasteiger partial charge in [-0.2, -0.15) is 0 Å². The molecule has 1 amide bonds. The molecular formula is C15H24N2O3. The minimum atomic E-state index is -0.211. The van der Waals surface area contributed by atoms with Gasteiger partial charge in [-0.25, -0.2) is 4.98 Å². The lowest BCUT2D eigenvalue weighted by Gasteiger charge is -2.17. The molecule has 1 heterocycles. The van der Waals surface area contributed by atoms with Crippen LogP contribution in [0.25, 0.3) is 0 Å². The smallest absolute Gasteiger partial charge is 0.256 e. The number of nitrogens with zero attached hydrogens (tertiary/aromatic N) is 1. The van der Waals surface area contributed by atoms with Crippen LogP contribution in [-0.4, -0.2) is 35.3 Å². The molecule has 0 aliphatic rings. The molecular weight excluding hydrogens is 256 g/mol. The van der Waals surface area contributed by atoms with E-state index in [-0.39, 0.29) is 18.6 Å².